The lowest BCUT2D eigenvalue weighted by atomic mass is 10.2. The van der Waals surface area contributed by atoms with Gasteiger partial charge in [0, 0.05) is 18.7 Å². The molecular weight excluding hydrogens is 264 g/mol. The van der Waals surface area contributed by atoms with Crippen molar-refractivity contribution in [2.45, 2.75) is 13.0 Å². The van der Waals surface area contributed by atoms with Crippen LogP contribution < -0.4 is 10.1 Å². The number of aldehydes is 1. The van der Waals surface area contributed by atoms with E-state index >= 15 is 0 Å². The number of nitrogens with zero attached hydrogens (tertiary/aromatic N) is 1. The lowest BCUT2D eigenvalue weighted by molar-refractivity contribution is -0.384. The molecule has 0 aromatic heterocycles. The van der Waals surface area contributed by atoms with E-state index in [1.54, 1.807) is 0 Å². The second-order valence-electron chi connectivity index (χ2n) is 3.89. The Labute approximate surface area is 115 Å². The Morgan fingerprint density at radius 1 is 1.60 bits per heavy atom. The molecule has 7 nitrogen and oxygen atoms in total. The van der Waals surface area contributed by atoms with Crippen LogP contribution in [0.3, 0.4) is 0 Å². The Balaban J connectivity index is 2.86. The maximum Gasteiger partial charge on any atom is 0.270 e. The molecule has 0 aliphatic heterocycles. The minimum atomic E-state index is -0.838. The second kappa shape index (κ2) is 7.03. The molecule has 1 aromatic rings. The number of carbonyl (C=O) groups excluding carboxylic acids is 2. The molecule has 0 saturated carbocycles. The summed E-state index contributed by atoms with van der Waals surface area (Å²) in [5, 5.41) is 13.1. The predicted octanol–water partition coefficient (Wildman–Crippen LogP) is 1.48. The van der Waals surface area contributed by atoms with Crippen LogP contribution in [0.25, 0.3) is 0 Å². The standard InChI is InChI=1S/C13H14N2O5/c1-3-6-14-13(17)9(2)20-12-5-4-11(15(18)19)7-10(12)8-16/h3-5,7-9H,1,6H2,2H3,(H,14,17)/t9-/m0/s1. The van der Waals surface area contributed by atoms with Gasteiger partial charge in [0.05, 0.1) is 10.5 Å². The quantitative estimate of drug-likeness (QED) is 0.352. The topological polar surface area (TPSA) is 98.5 Å². The van der Waals surface area contributed by atoms with Crippen LogP contribution in [-0.2, 0) is 4.79 Å². The number of hydrogen-bond donors (Lipinski definition) is 1. The van der Waals surface area contributed by atoms with Crippen molar-refractivity contribution < 1.29 is 19.2 Å². The largest absolute Gasteiger partial charge is 0.480 e. The molecule has 1 rings (SSSR count). The molecule has 7 heteroatoms. The van der Waals surface area contributed by atoms with Gasteiger partial charge in [0.25, 0.3) is 11.6 Å². The van der Waals surface area contributed by atoms with Gasteiger partial charge < -0.3 is 10.1 Å². The molecule has 20 heavy (non-hydrogen) atoms. The van der Waals surface area contributed by atoms with E-state index in [1.807, 2.05) is 0 Å². The zero-order valence-electron chi connectivity index (χ0n) is 10.9. The van der Waals surface area contributed by atoms with Gasteiger partial charge in [-0.3, -0.25) is 19.7 Å². The Hall–Kier alpha value is -2.70. The van der Waals surface area contributed by atoms with Gasteiger partial charge in [-0.05, 0) is 13.0 Å². The van der Waals surface area contributed by atoms with Crippen LogP contribution in [0.5, 0.6) is 5.75 Å². The highest BCUT2D eigenvalue weighted by atomic mass is 16.6. The van der Waals surface area contributed by atoms with E-state index in [0.29, 0.717) is 12.8 Å². The third-order valence-electron chi connectivity index (χ3n) is 2.42. The fourth-order valence-corrected chi connectivity index (χ4v) is 1.41. The number of nitrogens with one attached hydrogen (secondary N) is 1. The Bertz CT molecular complexity index is 542. The molecule has 0 radical (unpaired) electrons. The molecule has 0 bridgehead atoms. The van der Waals surface area contributed by atoms with Crippen molar-refractivity contribution in [1.29, 1.82) is 0 Å². The Morgan fingerprint density at radius 2 is 2.30 bits per heavy atom. The molecule has 1 amide bonds. The number of carbonyl (C=O) groups is 2. The number of amides is 1. The minimum Gasteiger partial charge on any atom is -0.480 e. The van der Waals surface area contributed by atoms with Crippen LogP contribution in [-0.4, -0.2) is 29.8 Å². The minimum absolute atomic E-state index is 0.0163. The maximum atomic E-state index is 11.6. The van der Waals surface area contributed by atoms with Crippen LogP contribution >= 0.6 is 0 Å². The summed E-state index contributed by atoms with van der Waals surface area (Å²) >= 11 is 0. The molecule has 0 spiro atoms. The van der Waals surface area contributed by atoms with Crippen molar-refractivity contribution in [3.8, 4) is 5.75 Å². The van der Waals surface area contributed by atoms with E-state index in [2.05, 4.69) is 11.9 Å². The fraction of sp³-hybridized carbons (Fsp3) is 0.231. The summed E-state index contributed by atoms with van der Waals surface area (Å²) in [5.74, 6) is -0.257. The molecule has 0 saturated heterocycles. The number of nitro groups is 1. The summed E-state index contributed by atoms with van der Waals surface area (Å²) in [7, 11) is 0. The van der Waals surface area contributed by atoms with Crippen LogP contribution in [0.1, 0.15) is 17.3 Å². The van der Waals surface area contributed by atoms with Crippen molar-refractivity contribution in [1.82, 2.24) is 5.32 Å². The van der Waals surface area contributed by atoms with Gasteiger partial charge in [-0.15, -0.1) is 6.58 Å². The highest BCUT2D eigenvalue weighted by molar-refractivity contribution is 5.83. The highest BCUT2D eigenvalue weighted by Gasteiger charge is 2.17. The van der Waals surface area contributed by atoms with Crippen LogP contribution in [0.4, 0.5) is 5.69 Å². The lowest BCUT2D eigenvalue weighted by Crippen LogP contribution is -2.36. The molecule has 1 aromatic carbocycles. The van der Waals surface area contributed by atoms with E-state index in [0.717, 1.165) is 6.07 Å². The van der Waals surface area contributed by atoms with Crippen molar-refractivity contribution >= 4 is 17.9 Å². The molecule has 1 atom stereocenters. The van der Waals surface area contributed by atoms with Gasteiger partial charge in [0.2, 0.25) is 0 Å². The molecule has 0 unspecified atom stereocenters. The summed E-state index contributed by atoms with van der Waals surface area (Å²) < 4.78 is 5.33. The number of ether oxygens (including phenoxy) is 1. The molecule has 0 heterocycles. The highest BCUT2D eigenvalue weighted by Crippen LogP contribution is 2.23. The SMILES string of the molecule is C=CCNC(=O)[C@H](C)Oc1ccc([N+](=O)[O-])cc1C=O. The Morgan fingerprint density at radius 3 is 2.85 bits per heavy atom. The van der Waals surface area contributed by atoms with Crippen molar-refractivity contribution in [2.24, 2.45) is 0 Å². The smallest absolute Gasteiger partial charge is 0.270 e. The average Bonchev–Trinajstić information content (AvgIpc) is 2.44. The van der Waals surface area contributed by atoms with Gasteiger partial charge in [-0.2, -0.15) is 0 Å². The van der Waals surface area contributed by atoms with E-state index in [9.17, 15) is 19.7 Å². The molecule has 0 aliphatic carbocycles. The van der Waals surface area contributed by atoms with Crippen LogP contribution in [0.2, 0.25) is 0 Å². The monoisotopic (exact) mass is 278 g/mol. The summed E-state index contributed by atoms with van der Waals surface area (Å²) in [4.78, 5) is 32.5. The van der Waals surface area contributed by atoms with Gasteiger partial charge in [-0.25, -0.2) is 0 Å². The second-order valence-corrected chi connectivity index (χ2v) is 3.89. The van der Waals surface area contributed by atoms with Crippen molar-refractivity contribution in [3.63, 3.8) is 0 Å². The normalized spacial score (nSPS) is 11.2. The third-order valence-corrected chi connectivity index (χ3v) is 2.42. The van der Waals surface area contributed by atoms with E-state index in [4.69, 9.17) is 4.74 Å². The molecule has 0 aliphatic rings. The van der Waals surface area contributed by atoms with Gasteiger partial charge in [0.1, 0.15) is 5.75 Å². The molecule has 0 fully saturated rings. The summed E-state index contributed by atoms with van der Waals surface area (Å²) in [6.07, 6.45) is 1.12. The first-order valence-corrected chi connectivity index (χ1v) is 5.78. The third kappa shape index (κ3) is 3.91. The fourth-order valence-electron chi connectivity index (χ4n) is 1.41. The van der Waals surface area contributed by atoms with E-state index in [-0.39, 0.29) is 22.9 Å². The predicted molar refractivity (Wildman–Crippen MR) is 71.8 cm³/mol. The summed E-state index contributed by atoms with van der Waals surface area (Å²) in [6.45, 7) is 5.27. The zero-order valence-corrected chi connectivity index (χ0v) is 10.9. The average molecular weight is 278 g/mol. The number of benzene rings is 1. The van der Waals surface area contributed by atoms with Crippen molar-refractivity contribution in [3.05, 3.63) is 46.5 Å². The molecule has 1 N–H and O–H groups in total. The van der Waals surface area contributed by atoms with Crippen LogP contribution in [0.15, 0.2) is 30.9 Å². The number of nitro benzene ring substituents is 1. The Kier molecular flexibility index (Phi) is 5.40. The van der Waals surface area contributed by atoms with E-state index in [1.165, 1.54) is 25.1 Å². The lowest BCUT2D eigenvalue weighted by Gasteiger charge is -2.15. The molecule has 106 valence electrons. The number of rotatable bonds is 7. The summed E-state index contributed by atoms with van der Waals surface area (Å²) in [6, 6.07) is 3.59. The van der Waals surface area contributed by atoms with E-state index < -0.39 is 11.0 Å². The maximum absolute atomic E-state index is 11.6. The van der Waals surface area contributed by atoms with Gasteiger partial charge >= 0.3 is 0 Å². The number of non-ortho nitro benzene ring substituents is 1. The van der Waals surface area contributed by atoms with Crippen molar-refractivity contribution in [2.75, 3.05) is 6.54 Å². The number of hydrogen-bond acceptors (Lipinski definition) is 5. The van der Waals surface area contributed by atoms with Crippen LogP contribution in [0, 0.1) is 10.1 Å². The molecular formula is C13H14N2O5. The first-order valence-electron chi connectivity index (χ1n) is 5.78. The zero-order chi connectivity index (χ0) is 15.1. The first-order chi connectivity index (χ1) is 9.49. The first kappa shape index (κ1) is 15.4. The van der Waals surface area contributed by atoms with Gasteiger partial charge in [-0.1, -0.05) is 6.08 Å². The van der Waals surface area contributed by atoms with Gasteiger partial charge in [0.15, 0.2) is 12.4 Å². The summed E-state index contributed by atoms with van der Waals surface area (Å²) in [5.41, 5.74) is -0.203.